The number of hydrogen-bond acceptors (Lipinski definition) is 5. The molecule has 0 spiro atoms. The van der Waals surface area contributed by atoms with Gasteiger partial charge in [-0.1, -0.05) is 12.1 Å². The van der Waals surface area contributed by atoms with Gasteiger partial charge in [0, 0.05) is 19.3 Å². The maximum atomic E-state index is 12.3. The molecule has 6 nitrogen and oxygen atoms in total. The summed E-state index contributed by atoms with van der Waals surface area (Å²) in [5, 5.41) is 11.8. The molecule has 0 bridgehead atoms. The molecule has 0 atom stereocenters. The van der Waals surface area contributed by atoms with Crippen LogP contribution in [0.1, 0.15) is 29.6 Å². The zero-order valence-electron chi connectivity index (χ0n) is 13.0. The smallest absolute Gasteiger partial charge is 0.339 e. The highest BCUT2D eigenvalue weighted by Crippen LogP contribution is 2.17. The second kappa shape index (κ2) is 7.99. The van der Waals surface area contributed by atoms with E-state index in [9.17, 15) is 14.9 Å². The fraction of sp³-hybridized carbons (Fsp3) is 0.353. The van der Waals surface area contributed by atoms with Gasteiger partial charge >= 0.3 is 5.97 Å². The zero-order valence-corrected chi connectivity index (χ0v) is 13.0. The summed E-state index contributed by atoms with van der Waals surface area (Å²) in [6.45, 7) is 1.69. The first kappa shape index (κ1) is 16.6. The molecule has 1 aromatic rings. The van der Waals surface area contributed by atoms with E-state index in [0.29, 0.717) is 5.69 Å². The Kier molecular flexibility index (Phi) is 5.75. The van der Waals surface area contributed by atoms with Gasteiger partial charge in [-0.3, -0.25) is 4.79 Å². The van der Waals surface area contributed by atoms with Crippen molar-refractivity contribution in [1.29, 1.82) is 5.26 Å². The Morgan fingerprint density at radius 3 is 2.61 bits per heavy atom. The predicted octanol–water partition coefficient (Wildman–Crippen LogP) is 2.31. The molecular weight excluding hydrogens is 294 g/mol. The van der Waals surface area contributed by atoms with Crippen LogP contribution in [0.4, 0.5) is 5.69 Å². The Bertz CT molecular complexity index is 655. The van der Waals surface area contributed by atoms with Crippen molar-refractivity contribution in [1.82, 2.24) is 4.90 Å². The number of benzene rings is 1. The first-order valence-corrected chi connectivity index (χ1v) is 7.50. The number of hydrogen-bond donors (Lipinski definition) is 1. The third-order valence-corrected chi connectivity index (χ3v) is 3.65. The third kappa shape index (κ3) is 4.33. The van der Waals surface area contributed by atoms with Gasteiger partial charge in [-0.05, 0) is 31.4 Å². The lowest BCUT2D eigenvalue weighted by atomic mass is 10.1. The molecule has 0 saturated carbocycles. The first-order valence-electron chi connectivity index (χ1n) is 7.50. The van der Waals surface area contributed by atoms with Gasteiger partial charge in [0.05, 0.1) is 18.4 Å². The zero-order chi connectivity index (χ0) is 16.7. The Hall–Kier alpha value is -2.81. The van der Waals surface area contributed by atoms with Crippen molar-refractivity contribution >= 4 is 17.6 Å². The van der Waals surface area contributed by atoms with Gasteiger partial charge in [-0.2, -0.15) is 5.26 Å². The number of piperidine rings is 1. The molecule has 0 aromatic heterocycles. The van der Waals surface area contributed by atoms with Gasteiger partial charge in [0.15, 0.2) is 0 Å². The van der Waals surface area contributed by atoms with Gasteiger partial charge in [0.2, 0.25) is 0 Å². The quantitative estimate of drug-likeness (QED) is 0.524. The number of nitriles is 1. The fourth-order valence-electron chi connectivity index (χ4n) is 2.44. The van der Waals surface area contributed by atoms with E-state index in [1.54, 1.807) is 30.5 Å². The van der Waals surface area contributed by atoms with Crippen molar-refractivity contribution in [3.05, 3.63) is 41.6 Å². The number of amides is 1. The number of para-hydroxylation sites is 1. The average Bonchev–Trinajstić information content (AvgIpc) is 2.60. The van der Waals surface area contributed by atoms with Crippen molar-refractivity contribution in [3.8, 4) is 6.07 Å². The highest BCUT2D eigenvalue weighted by atomic mass is 16.5. The summed E-state index contributed by atoms with van der Waals surface area (Å²) < 4.78 is 4.69. The number of nitrogens with one attached hydrogen (secondary N) is 1. The number of carbonyl (C=O) groups is 2. The summed E-state index contributed by atoms with van der Waals surface area (Å²) in [7, 11) is 1.28. The van der Waals surface area contributed by atoms with Gasteiger partial charge in [-0.15, -0.1) is 0 Å². The number of methoxy groups -OCH3 is 1. The number of ether oxygens (including phenoxy) is 1. The summed E-state index contributed by atoms with van der Waals surface area (Å²) in [5.41, 5.74) is 0.592. The lowest BCUT2D eigenvalue weighted by Crippen LogP contribution is -2.26. The molecule has 1 aliphatic rings. The standard InChI is InChI=1S/C17H19N3O3/c1-23-17(22)14-7-3-4-8-15(14)19-16(21)13(11-18)12-20-9-5-2-6-10-20/h3-4,7-8,12H,2,5-6,9-10H2,1H3,(H,19,21)/b13-12-. The van der Waals surface area contributed by atoms with Gasteiger partial charge in [-0.25, -0.2) is 4.79 Å². The van der Waals surface area contributed by atoms with E-state index in [4.69, 9.17) is 0 Å². The predicted molar refractivity (Wildman–Crippen MR) is 85.5 cm³/mol. The second-order valence-electron chi connectivity index (χ2n) is 5.24. The van der Waals surface area contributed by atoms with E-state index in [2.05, 4.69) is 10.1 Å². The van der Waals surface area contributed by atoms with Crippen LogP contribution in [0.25, 0.3) is 0 Å². The number of rotatable bonds is 4. The van der Waals surface area contributed by atoms with Crippen molar-refractivity contribution in [2.24, 2.45) is 0 Å². The van der Waals surface area contributed by atoms with Crippen LogP contribution in [-0.2, 0) is 9.53 Å². The van der Waals surface area contributed by atoms with Crippen molar-refractivity contribution < 1.29 is 14.3 Å². The molecule has 6 heteroatoms. The summed E-state index contributed by atoms with van der Waals surface area (Å²) >= 11 is 0. The largest absolute Gasteiger partial charge is 0.465 e. The second-order valence-corrected chi connectivity index (χ2v) is 5.24. The van der Waals surface area contributed by atoms with Crippen molar-refractivity contribution in [2.45, 2.75) is 19.3 Å². The van der Waals surface area contributed by atoms with Crippen molar-refractivity contribution in [2.75, 3.05) is 25.5 Å². The molecule has 1 N–H and O–H groups in total. The molecule has 1 heterocycles. The van der Waals surface area contributed by atoms with Crippen LogP contribution in [0.2, 0.25) is 0 Å². The molecule has 1 amide bonds. The molecule has 0 aliphatic carbocycles. The van der Waals surface area contributed by atoms with E-state index in [1.807, 2.05) is 11.0 Å². The number of nitrogens with zero attached hydrogens (tertiary/aromatic N) is 2. The van der Waals surface area contributed by atoms with Crippen LogP contribution >= 0.6 is 0 Å². The van der Waals surface area contributed by atoms with Crippen LogP contribution in [0.15, 0.2) is 36.0 Å². The maximum absolute atomic E-state index is 12.3. The highest BCUT2D eigenvalue weighted by molar-refractivity contribution is 6.09. The third-order valence-electron chi connectivity index (χ3n) is 3.65. The molecule has 1 aliphatic heterocycles. The average molecular weight is 313 g/mol. The molecule has 1 saturated heterocycles. The normalized spacial score (nSPS) is 14.8. The number of likely N-dealkylation sites (tertiary alicyclic amines) is 1. The Morgan fingerprint density at radius 1 is 1.26 bits per heavy atom. The number of carbonyl (C=O) groups excluding carboxylic acids is 2. The van der Waals surface area contributed by atoms with Crippen LogP contribution < -0.4 is 5.32 Å². The Labute approximate surface area is 135 Å². The first-order chi connectivity index (χ1) is 11.2. The number of anilines is 1. The summed E-state index contributed by atoms with van der Waals surface area (Å²) in [4.78, 5) is 26.0. The summed E-state index contributed by atoms with van der Waals surface area (Å²) in [6, 6.07) is 8.45. The van der Waals surface area contributed by atoms with Crippen LogP contribution in [0.5, 0.6) is 0 Å². The molecule has 2 rings (SSSR count). The van der Waals surface area contributed by atoms with Crippen LogP contribution in [0.3, 0.4) is 0 Å². The van der Waals surface area contributed by atoms with Crippen LogP contribution in [-0.4, -0.2) is 37.0 Å². The van der Waals surface area contributed by atoms with E-state index >= 15 is 0 Å². The molecular formula is C17H19N3O3. The van der Waals surface area contributed by atoms with Crippen LogP contribution in [0, 0.1) is 11.3 Å². The molecule has 1 fully saturated rings. The van der Waals surface area contributed by atoms with Gasteiger partial charge < -0.3 is 15.0 Å². The van der Waals surface area contributed by atoms with E-state index in [0.717, 1.165) is 25.9 Å². The summed E-state index contributed by atoms with van der Waals surface area (Å²) in [6.07, 6.45) is 4.88. The number of esters is 1. The van der Waals surface area contributed by atoms with E-state index in [1.165, 1.54) is 13.5 Å². The lowest BCUT2D eigenvalue weighted by molar-refractivity contribution is -0.112. The SMILES string of the molecule is COC(=O)c1ccccc1NC(=O)/C(C#N)=C\N1CCCCC1. The minimum atomic E-state index is -0.542. The minimum Gasteiger partial charge on any atom is -0.465 e. The van der Waals surface area contributed by atoms with Gasteiger partial charge in [0.1, 0.15) is 11.6 Å². The monoisotopic (exact) mass is 313 g/mol. The summed E-state index contributed by atoms with van der Waals surface area (Å²) in [5.74, 6) is -1.08. The minimum absolute atomic E-state index is 0.0200. The molecule has 0 radical (unpaired) electrons. The molecule has 1 aromatic carbocycles. The highest BCUT2D eigenvalue weighted by Gasteiger charge is 2.17. The Balaban J connectivity index is 2.15. The lowest BCUT2D eigenvalue weighted by Gasteiger charge is -2.25. The Morgan fingerprint density at radius 2 is 1.96 bits per heavy atom. The maximum Gasteiger partial charge on any atom is 0.339 e. The van der Waals surface area contributed by atoms with E-state index < -0.39 is 11.9 Å². The van der Waals surface area contributed by atoms with Crippen molar-refractivity contribution in [3.63, 3.8) is 0 Å². The topological polar surface area (TPSA) is 82.4 Å². The molecule has 23 heavy (non-hydrogen) atoms. The fourth-order valence-corrected chi connectivity index (χ4v) is 2.44. The van der Waals surface area contributed by atoms with E-state index in [-0.39, 0.29) is 11.1 Å². The molecule has 120 valence electrons. The van der Waals surface area contributed by atoms with Gasteiger partial charge in [0.25, 0.3) is 5.91 Å². The molecule has 0 unspecified atom stereocenters.